The lowest BCUT2D eigenvalue weighted by Gasteiger charge is -2.31. The molecule has 2 aromatic carbocycles. The first kappa shape index (κ1) is 20.9. The molecule has 0 bridgehead atoms. The largest absolute Gasteiger partial charge is 0.497 e. The van der Waals surface area contributed by atoms with Crippen molar-refractivity contribution >= 4 is 5.91 Å². The number of piperidine rings is 1. The molecular formula is C24H25FN2O4. The Bertz CT molecular complexity index is 1000. The van der Waals surface area contributed by atoms with Crippen LogP contribution in [-0.2, 0) is 11.2 Å². The maximum absolute atomic E-state index is 13.0. The van der Waals surface area contributed by atoms with Crippen LogP contribution in [0.2, 0.25) is 0 Å². The van der Waals surface area contributed by atoms with Crippen LogP contribution in [0, 0.1) is 5.82 Å². The third-order valence-corrected chi connectivity index (χ3v) is 5.41. The number of halogens is 1. The minimum absolute atomic E-state index is 0.0631. The van der Waals surface area contributed by atoms with Gasteiger partial charge in [-0.05, 0) is 54.8 Å². The molecular weight excluding hydrogens is 399 g/mol. The van der Waals surface area contributed by atoms with Crippen molar-refractivity contribution in [2.75, 3.05) is 26.8 Å². The first-order valence-electron chi connectivity index (χ1n) is 10.3. The molecule has 0 saturated carbocycles. The fourth-order valence-corrected chi connectivity index (χ4v) is 3.71. The zero-order valence-electron chi connectivity index (χ0n) is 17.4. The summed E-state index contributed by atoms with van der Waals surface area (Å²) >= 11 is 0. The van der Waals surface area contributed by atoms with E-state index in [1.807, 2.05) is 24.3 Å². The fourth-order valence-electron chi connectivity index (χ4n) is 3.71. The number of ether oxygens (including phenoxy) is 2. The van der Waals surface area contributed by atoms with Crippen LogP contribution in [0.4, 0.5) is 4.39 Å². The molecule has 0 N–H and O–H groups in total. The van der Waals surface area contributed by atoms with E-state index in [1.54, 1.807) is 18.2 Å². The number of methoxy groups -OCH3 is 1. The Hall–Kier alpha value is -3.35. The van der Waals surface area contributed by atoms with Gasteiger partial charge < -0.3 is 18.8 Å². The van der Waals surface area contributed by atoms with Crippen LogP contribution in [0.5, 0.6) is 11.5 Å². The average Bonchev–Trinajstić information content (AvgIpc) is 3.27. The topological polar surface area (TPSA) is 64.8 Å². The lowest BCUT2D eigenvalue weighted by atomic mass is 9.98. The fraction of sp³-hybridized carbons (Fsp3) is 0.333. The predicted molar refractivity (Wildman–Crippen MR) is 113 cm³/mol. The molecule has 31 heavy (non-hydrogen) atoms. The van der Waals surface area contributed by atoms with Gasteiger partial charge in [0.1, 0.15) is 23.1 Å². The normalized spacial score (nSPS) is 16.2. The number of rotatable bonds is 7. The number of hydrogen-bond donors (Lipinski definition) is 0. The van der Waals surface area contributed by atoms with E-state index >= 15 is 0 Å². The lowest BCUT2D eigenvalue weighted by Crippen LogP contribution is -2.41. The van der Waals surface area contributed by atoms with Crippen LogP contribution >= 0.6 is 0 Å². The summed E-state index contributed by atoms with van der Waals surface area (Å²) in [5.74, 6) is 2.38. The number of benzene rings is 2. The number of likely N-dealkylation sites (tertiary alicyclic amines) is 1. The van der Waals surface area contributed by atoms with Gasteiger partial charge in [-0.2, -0.15) is 0 Å². The highest BCUT2D eigenvalue weighted by atomic mass is 19.1. The van der Waals surface area contributed by atoms with Crippen molar-refractivity contribution in [1.29, 1.82) is 0 Å². The highest BCUT2D eigenvalue weighted by Crippen LogP contribution is 2.27. The molecule has 1 fully saturated rings. The molecule has 7 heteroatoms. The smallest absolute Gasteiger partial charge is 0.260 e. The number of carbonyl (C=O) groups is 1. The van der Waals surface area contributed by atoms with E-state index in [9.17, 15) is 9.18 Å². The van der Waals surface area contributed by atoms with Gasteiger partial charge in [0, 0.05) is 19.5 Å². The molecule has 1 aromatic heterocycles. The first-order chi connectivity index (χ1) is 15.1. The minimum Gasteiger partial charge on any atom is -0.497 e. The van der Waals surface area contributed by atoms with E-state index in [1.165, 1.54) is 24.3 Å². The molecule has 6 nitrogen and oxygen atoms in total. The van der Waals surface area contributed by atoms with Crippen LogP contribution in [-0.4, -0.2) is 42.6 Å². The molecule has 3 aromatic rings. The van der Waals surface area contributed by atoms with Crippen molar-refractivity contribution in [3.63, 3.8) is 0 Å². The molecule has 1 aliphatic heterocycles. The Labute approximate surface area is 180 Å². The Morgan fingerprint density at radius 3 is 2.65 bits per heavy atom. The predicted octanol–water partition coefficient (Wildman–Crippen LogP) is 4.20. The number of amides is 1. The van der Waals surface area contributed by atoms with Crippen molar-refractivity contribution in [3.05, 3.63) is 77.8 Å². The van der Waals surface area contributed by atoms with Crippen LogP contribution in [0.3, 0.4) is 0 Å². The van der Waals surface area contributed by atoms with Crippen molar-refractivity contribution in [1.82, 2.24) is 9.88 Å². The van der Waals surface area contributed by atoms with E-state index in [-0.39, 0.29) is 24.2 Å². The maximum Gasteiger partial charge on any atom is 0.260 e. The van der Waals surface area contributed by atoms with Gasteiger partial charge in [0.2, 0.25) is 0 Å². The third-order valence-electron chi connectivity index (χ3n) is 5.41. The zero-order valence-corrected chi connectivity index (χ0v) is 17.4. The Morgan fingerprint density at radius 1 is 1.16 bits per heavy atom. The second kappa shape index (κ2) is 9.64. The molecule has 0 radical (unpaired) electrons. The van der Waals surface area contributed by atoms with E-state index in [0.29, 0.717) is 31.2 Å². The van der Waals surface area contributed by atoms with Crippen molar-refractivity contribution in [2.24, 2.45) is 0 Å². The van der Waals surface area contributed by atoms with E-state index < -0.39 is 0 Å². The lowest BCUT2D eigenvalue weighted by molar-refractivity contribution is -0.134. The molecule has 1 saturated heterocycles. The molecule has 0 unspecified atom stereocenters. The van der Waals surface area contributed by atoms with Gasteiger partial charge in [-0.15, -0.1) is 0 Å². The minimum atomic E-state index is -0.338. The van der Waals surface area contributed by atoms with Crippen LogP contribution < -0.4 is 9.47 Å². The van der Waals surface area contributed by atoms with Crippen molar-refractivity contribution < 1.29 is 23.1 Å². The summed E-state index contributed by atoms with van der Waals surface area (Å²) in [6, 6.07) is 13.5. The molecule has 1 atom stereocenters. The van der Waals surface area contributed by atoms with Gasteiger partial charge in [0.05, 0.1) is 19.2 Å². The van der Waals surface area contributed by atoms with Crippen molar-refractivity contribution in [3.8, 4) is 11.5 Å². The first-order valence-corrected chi connectivity index (χ1v) is 10.3. The summed E-state index contributed by atoms with van der Waals surface area (Å²) < 4.78 is 29.7. The summed E-state index contributed by atoms with van der Waals surface area (Å²) in [4.78, 5) is 18.8. The van der Waals surface area contributed by atoms with Gasteiger partial charge in [-0.25, -0.2) is 9.37 Å². The monoisotopic (exact) mass is 424 g/mol. The highest BCUT2D eigenvalue weighted by molar-refractivity contribution is 5.78. The Morgan fingerprint density at radius 2 is 1.90 bits per heavy atom. The molecule has 4 rings (SSSR count). The Kier molecular flexibility index (Phi) is 6.50. The summed E-state index contributed by atoms with van der Waals surface area (Å²) in [6.45, 7) is 1.16. The van der Waals surface area contributed by atoms with Gasteiger partial charge in [-0.1, -0.05) is 12.1 Å². The zero-order chi connectivity index (χ0) is 21.6. The number of oxazole rings is 1. The summed E-state index contributed by atoms with van der Waals surface area (Å²) in [7, 11) is 1.64. The average molecular weight is 424 g/mol. The molecule has 1 aliphatic rings. The molecule has 1 amide bonds. The molecule has 162 valence electrons. The van der Waals surface area contributed by atoms with Crippen LogP contribution in [0.1, 0.15) is 36.0 Å². The van der Waals surface area contributed by atoms with Crippen LogP contribution in [0.15, 0.2) is 59.1 Å². The summed E-state index contributed by atoms with van der Waals surface area (Å²) in [5.41, 5.74) is 1.11. The van der Waals surface area contributed by atoms with Crippen LogP contribution in [0.25, 0.3) is 0 Å². The highest BCUT2D eigenvalue weighted by Gasteiger charge is 2.28. The van der Waals surface area contributed by atoms with Crippen molar-refractivity contribution in [2.45, 2.75) is 25.2 Å². The quantitative estimate of drug-likeness (QED) is 0.569. The number of carbonyl (C=O) groups excluding carboxylic acids is 1. The number of aromatic nitrogens is 1. The maximum atomic E-state index is 13.0. The SMILES string of the molecule is COc1ccc(Cc2cnc([C@@H]3CCCN(C(=O)COc4ccc(F)cc4)C3)o2)cc1. The van der Waals surface area contributed by atoms with Gasteiger partial charge >= 0.3 is 0 Å². The standard InChI is InChI=1S/C24H25FN2O4/c1-29-20-8-4-17(5-9-20)13-22-14-26-24(31-22)18-3-2-12-27(15-18)23(28)16-30-21-10-6-19(25)7-11-21/h4-11,14,18H,2-3,12-13,15-16H2,1H3/t18-/m1/s1. The number of hydrogen-bond acceptors (Lipinski definition) is 5. The van der Waals surface area contributed by atoms with Gasteiger partial charge in [-0.3, -0.25) is 4.79 Å². The molecule has 2 heterocycles. The Balaban J connectivity index is 1.32. The second-order valence-electron chi connectivity index (χ2n) is 7.61. The van der Waals surface area contributed by atoms with E-state index in [4.69, 9.17) is 13.9 Å². The summed E-state index contributed by atoms with van der Waals surface area (Å²) in [6.07, 6.45) is 4.21. The molecule has 0 spiro atoms. The second-order valence-corrected chi connectivity index (χ2v) is 7.61. The van der Waals surface area contributed by atoms with E-state index in [0.717, 1.165) is 29.9 Å². The third kappa shape index (κ3) is 5.42. The molecule has 0 aliphatic carbocycles. The van der Waals surface area contributed by atoms with Gasteiger partial charge in [0.25, 0.3) is 5.91 Å². The number of nitrogens with zero attached hydrogens (tertiary/aromatic N) is 2. The summed E-state index contributed by atoms with van der Waals surface area (Å²) in [5, 5.41) is 0. The van der Waals surface area contributed by atoms with Gasteiger partial charge in [0.15, 0.2) is 12.5 Å². The van der Waals surface area contributed by atoms with E-state index in [2.05, 4.69) is 4.98 Å².